The maximum atomic E-state index is 12.1. The van der Waals surface area contributed by atoms with E-state index in [9.17, 15) is 9.90 Å². The van der Waals surface area contributed by atoms with E-state index in [-0.39, 0.29) is 24.7 Å². The Morgan fingerprint density at radius 3 is 2.75 bits per heavy atom. The van der Waals surface area contributed by atoms with Crippen molar-refractivity contribution in [2.24, 2.45) is 10.7 Å². The zero-order valence-corrected chi connectivity index (χ0v) is 13.8. The summed E-state index contributed by atoms with van der Waals surface area (Å²) in [5.74, 6) is 0.705. The molecule has 0 spiro atoms. The molecular formula is C17H26N4O3. The van der Waals surface area contributed by atoms with Gasteiger partial charge >= 0.3 is 0 Å². The summed E-state index contributed by atoms with van der Waals surface area (Å²) in [6.45, 7) is 4.28. The molecule has 1 heterocycles. The van der Waals surface area contributed by atoms with Crippen molar-refractivity contribution < 1.29 is 15.0 Å². The second-order valence-electron chi connectivity index (χ2n) is 6.05. The van der Waals surface area contributed by atoms with Gasteiger partial charge in [0.05, 0.1) is 6.10 Å². The van der Waals surface area contributed by atoms with Crippen LogP contribution in [-0.2, 0) is 4.79 Å². The molecule has 1 aliphatic carbocycles. The van der Waals surface area contributed by atoms with E-state index in [1.165, 1.54) is 17.2 Å². The van der Waals surface area contributed by atoms with Crippen LogP contribution in [0.3, 0.4) is 0 Å². The molecule has 0 aromatic carbocycles. The van der Waals surface area contributed by atoms with Crippen molar-refractivity contribution in [3.05, 3.63) is 36.3 Å². The summed E-state index contributed by atoms with van der Waals surface area (Å²) >= 11 is 0. The lowest BCUT2D eigenvalue weighted by Gasteiger charge is -2.29. The van der Waals surface area contributed by atoms with Gasteiger partial charge in [0.25, 0.3) is 5.91 Å². The third kappa shape index (κ3) is 4.69. The average Bonchev–Trinajstić information content (AvgIpc) is 2.57. The number of carbonyl (C=O) groups is 1. The Hall–Kier alpha value is -2.12. The van der Waals surface area contributed by atoms with Crippen molar-refractivity contribution in [2.75, 3.05) is 13.2 Å². The van der Waals surface area contributed by atoms with Crippen LogP contribution < -0.4 is 11.1 Å². The first-order valence-electron chi connectivity index (χ1n) is 8.30. The molecule has 0 bridgehead atoms. The van der Waals surface area contributed by atoms with Crippen LogP contribution in [0.15, 0.2) is 41.3 Å². The van der Waals surface area contributed by atoms with Crippen LogP contribution in [0.5, 0.6) is 0 Å². The van der Waals surface area contributed by atoms with E-state index in [4.69, 9.17) is 10.8 Å². The van der Waals surface area contributed by atoms with Crippen LogP contribution in [0.2, 0.25) is 0 Å². The van der Waals surface area contributed by atoms with Crippen LogP contribution >= 0.6 is 0 Å². The van der Waals surface area contributed by atoms with E-state index in [2.05, 4.69) is 16.9 Å². The number of nitrogens with one attached hydrogen (secondary N) is 1. The predicted octanol–water partition coefficient (Wildman–Crippen LogP) is 0.373. The highest BCUT2D eigenvalue weighted by Crippen LogP contribution is 2.20. The monoisotopic (exact) mass is 334 g/mol. The second kappa shape index (κ2) is 8.65. The zero-order chi connectivity index (χ0) is 17.5. The van der Waals surface area contributed by atoms with Crippen molar-refractivity contribution >= 4 is 11.7 Å². The first-order valence-corrected chi connectivity index (χ1v) is 8.30. The number of aliphatic hydroxyl groups excluding tert-OH is 2. The van der Waals surface area contributed by atoms with E-state index in [1.807, 2.05) is 0 Å². The number of nitrogens with zero attached hydrogens (tertiary/aromatic N) is 2. The Labute approximate surface area is 142 Å². The van der Waals surface area contributed by atoms with Crippen molar-refractivity contribution in [1.82, 2.24) is 10.2 Å². The van der Waals surface area contributed by atoms with Crippen LogP contribution in [0.4, 0.5) is 0 Å². The van der Waals surface area contributed by atoms with E-state index >= 15 is 0 Å². The van der Waals surface area contributed by atoms with Gasteiger partial charge in [0.1, 0.15) is 11.7 Å². The van der Waals surface area contributed by atoms with Gasteiger partial charge in [-0.1, -0.05) is 6.58 Å². The lowest BCUT2D eigenvalue weighted by atomic mass is 9.93. The number of nitrogens with two attached hydrogens (primary N) is 1. The molecule has 5 N–H and O–H groups in total. The van der Waals surface area contributed by atoms with Crippen LogP contribution in [0.1, 0.15) is 32.1 Å². The number of aliphatic hydroxyl groups is 2. The Kier molecular flexibility index (Phi) is 6.57. The number of amidine groups is 1. The van der Waals surface area contributed by atoms with Gasteiger partial charge in [-0.05, 0) is 38.2 Å². The quantitative estimate of drug-likeness (QED) is 0.561. The molecule has 1 amide bonds. The summed E-state index contributed by atoms with van der Waals surface area (Å²) in [4.78, 5) is 18.1. The fourth-order valence-corrected chi connectivity index (χ4v) is 2.90. The molecule has 7 heteroatoms. The van der Waals surface area contributed by atoms with Crippen molar-refractivity contribution in [2.45, 2.75) is 44.2 Å². The summed E-state index contributed by atoms with van der Waals surface area (Å²) < 4.78 is 0. The Morgan fingerprint density at radius 2 is 2.12 bits per heavy atom. The minimum atomic E-state index is -0.218. The predicted molar refractivity (Wildman–Crippen MR) is 92.8 cm³/mol. The van der Waals surface area contributed by atoms with Gasteiger partial charge in [-0.3, -0.25) is 9.69 Å². The fraction of sp³-hybridized carbons (Fsp3) is 0.529. The Balaban J connectivity index is 2.11. The molecule has 2 aliphatic rings. The number of hydrogen-bond donors (Lipinski definition) is 4. The van der Waals surface area contributed by atoms with Crippen molar-refractivity contribution in [1.29, 1.82) is 0 Å². The smallest absolute Gasteiger partial charge is 0.252 e. The number of rotatable bonds is 6. The molecule has 0 saturated heterocycles. The molecule has 0 unspecified atom stereocenters. The maximum absolute atomic E-state index is 12.1. The molecule has 1 saturated carbocycles. The normalized spacial score (nSPS) is 27.8. The molecular weight excluding hydrogens is 308 g/mol. The van der Waals surface area contributed by atoms with E-state index in [0.29, 0.717) is 30.2 Å². The number of amides is 1. The van der Waals surface area contributed by atoms with Crippen LogP contribution in [0, 0.1) is 0 Å². The minimum Gasteiger partial charge on any atom is -0.404 e. The number of hydrogen-bond acceptors (Lipinski definition) is 6. The summed E-state index contributed by atoms with van der Waals surface area (Å²) in [5.41, 5.74) is 6.28. The highest BCUT2D eigenvalue weighted by Gasteiger charge is 2.25. The SMILES string of the molecule is C=C(/N=C1\C(=C/N)C=CC(=O)N1CCCO)N[C@H]1CC[C@H](O)CC1. The molecule has 0 radical (unpaired) electrons. The molecule has 0 aromatic heterocycles. The summed E-state index contributed by atoms with van der Waals surface area (Å²) in [5, 5.41) is 21.8. The topological polar surface area (TPSA) is 111 Å². The Morgan fingerprint density at radius 1 is 1.42 bits per heavy atom. The van der Waals surface area contributed by atoms with E-state index in [1.54, 1.807) is 6.08 Å². The molecule has 7 nitrogen and oxygen atoms in total. The summed E-state index contributed by atoms with van der Waals surface area (Å²) in [6, 6.07) is 0.219. The standard InChI is InChI=1S/C17H26N4O3/c1-12(19-14-4-6-15(23)7-5-14)20-17-13(11-18)3-8-16(24)21(17)9-2-10-22/h3,8,11,14-15,19,22-23H,1-2,4-7,9-10,18H2/b13-11-,20-17+/t14-,15-. The number of aliphatic imine (C=N–C) groups is 1. The van der Waals surface area contributed by atoms with Crippen LogP contribution in [0.25, 0.3) is 0 Å². The first kappa shape index (κ1) is 18.2. The van der Waals surface area contributed by atoms with E-state index < -0.39 is 0 Å². The van der Waals surface area contributed by atoms with Gasteiger partial charge in [-0.25, -0.2) is 4.99 Å². The minimum absolute atomic E-state index is 0.00789. The molecule has 0 aromatic rings. The maximum Gasteiger partial charge on any atom is 0.252 e. The molecule has 24 heavy (non-hydrogen) atoms. The van der Waals surface area contributed by atoms with Gasteiger partial charge < -0.3 is 21.3 Å². The molecule has 132 valence electrons. The van der Waals surface area contributed by atoms with Crippen molar-refractivity contribution in [3.8, 4) is 0 Å². The van der Waals surface area contributed by atoms with Gasteiger partial charge in [-0.2, -0.15) is 0 Å². The molecule has 1 aliphatic heterocycles. The average molecular weight is 334 g/mol. The highest BCUT2D eigenvalue weighted by molar-refractivity contribution is 6.15. The fourth-order valence-electron chi connectivity index (χ4n) is 2.90. The number of carbonyl (C=O) groups excluding carboxylic acids is 1. The molecule has 2 rings (SSSR count). The van der Waals surface area contributed by atoms with Gasteiger partial charge in [-0.15, -0.1) is 0 Å². The lowest BCUT2D eigenvalue weighted by Crippen LogP contribution is -2.41. The van der Waals surface area contributed by atoms with Gasteiger partial charge in [0.15, 0.2) is 0 Å². The Bertz CT molecular complexity index is 560. The van der Waals surface area contributed by atoms with Gasteiger partial charge in [0.2, 0.25) is 0 Å². The van der Waals surface area contributed by atoms with E-state index in [0.717, 1.165) is 25.7 Å². The molecule has 0 atom stereocenters. The van der Waals surface area contributed by atoms with Crippen LogP contribution in [-0.4, -0.2) is 52.2 Å². The third-order valence-electron chi connectivity index (χ3n) is 4.21. The zero-order valence-electron chi connectivity index (χ0n) is 13.8. The van der Waals surface area contributed by atoms with Crippen molar-refractivity contribution in [3.63, 3.8) is 0 Å². The third-order valence-corrected chi connectivity index (χ3v) is 4.21. The highest BCUT2D eigenvalue weighted by atomic mass is 16.3. The second-order valence-corrected chi connectivity index (χ2v) is 6.05. The first-order chi connectivity index (χ1) is 11.5. The lowest BCUT2D eigenvalue weighted by molar-refractivity contribution is -0.122. The van der Waals surface area contributed by atoms with Gasteiger partial charge in [0, 0.05) is 37.0 Å². The molecule has 1 fully saturated rings. The summed E-state index contributed by atoms with van der Waals surface area (Å²) in [7, 11) is 0. The summed E-state index contributed by atoms with van der Waals surface area (Å²) in [6.07, 6.45) is 7.95. The largest absolute Gasteiger partial charge is 0.404 e.